The molecule has 0 aromatic rings. The molecular formula is C24H43N3O3. The Kier molecular flexibility index (Phi) is 8.44. The quantitative estimate of drug-likeness (QED) is 0.685. The van der Waals surface area contributed by atoms with Gasteiger partial charge in [0.25, 0.3) is 0 Å². The van der Waals surface area contributed by atoms with Crippen molar-refractivity contribution in [3.63, 3.8) is 0 Å². The lowest BCUT2D eigenvalue weighted by Crippen LogP contribution is -2.43. The van der Waals surface area contributed by atoms with Crippen molar-refractivity contribution >= 4 is 12.0 Å². The van der Waals surface area contributed by atoms with Crippen LogP contribution in [0.1, 0.15) is 78.6 Å². The number of hydrogen-bond acceptors (Lipinski definition) is 4. The molecule has 3 fully saturated rings. The molecular weight excluding hydrogens is 378 g/mol. The molecule has 0 radical (unpaired) electrons. The number of likely N-dealkylation sites (tertiary alicyclic amines) is 1. The van der Waals surface area contributed by atoms with Gasteiger partial charge in [-0.15, -0.1) is 0 Å². The number of carbonyl (C=O) groups is 2. The van der Waals surface area contributed by atoms with Gasteiger partial charge in [-0.25, -0.2) is 4.79 Å². The Morgan fingerprint density at radius 2 is 1.47 bits per heavy atom. The molecule has 2 saturated heterocycles. The zero-order chi connectivity index (χ0) is 21.6. The highest BCUT2D eigenvalue weighted by Gasteiger charge is 2.29. The van der Waals surface area contributed by atoms with Gasteiger partial charge in [0.05, 0.1) is 0 Å². The number of ether oxygens (including phenoxy) is 1. The van der Waals surface area contributed by atoms with E-state index in [1.165, 1.54) is 38.6 Å². The Hall–Kier alpha value is -1.30. The first-order valence-corrected chi connectivity index (χ1v) is 12.3. The lowest BCUT2D eigenvalue weighted by Gasteiger charge is -2.34. The third-order valence-electron chi connectivity index (χ3n) is 6.91. The first kappa shape index (κ1) is 23.4. The predicted octanol–water partition coefficient (Wildman–Crippen LogP) is 4.14. The molecule has 2 aliphatic heterocycles. The first-order valence-electron chi connectivity index (χ1n) is 12.3. The van der Waals surface area contributed by atoms with Crippen LogP contribution in [-0.4, -0.2) is 78.1 Å². The molecule has 0 spiro atoms. The third-order valence-corrected chi connectivity index (χ3v) is 6.91. The SMILES string of the molecule is CC(C)(C)OC(=O)N1CCC(CC(=O)N2CCCN(CC3CCCCC3)CC2)CC1. The molecule has 0 N–H and O–H groups in total. The van der Waals surface area contributed by atoms with E-state index in [1.54, 1.807) is 4.90 Å². The molecule has 0 aromatic carbocycles. The molecule has 0 atom stereocenters. The minimum absolute atomic E-state index is 0.224. The molecule has 3 aliphatic rings. The van der Waals surface area contributed by atoms with Crippen molar-refractivity contribution in [1.29, 1.82) is 0 Å². The van der Waals surface area contributed by atoms with Gasteiger partial charge in [-0.1, -0.05) is 19.3 Å². The van der Waals surface area contributed by atoms with Gasteiger partial charge in [0.1, 0.15) is 5.60 Å². The maximum Gasteiger partial charge on any atom is 0.410 e. The number of piperidine rings is 1. The van der Waals surface area contributed by atoms with Crippen molar-refractivity contribution in [2.75, 3.05) is 45.8 Å². The molecule has 6 nitrogen and oxygen atoms in total. The lowest BCUT2D eigenvalue weighted by atomic mass is 9.89. The Morgan fingerprint density at radius 3 is 2.13 bits per heavy atom. The van der Waals surface area contributed by atoms with Gasteiger partial charge in [-0.05, 0) is 71.3 Å². The molecule has 2 heterocycles. The van der Waals surface area contributed by atoms with Gasteiger partial charge in [0.2, 0.25) is 5.91 Å². The van der Waals surface area contributed by atoms with E-state index in [2.05, 4.69) is 9.80 Å². The van der Waals surface area contributed by atoms with Crippen LogP contribution >= 0.6 is 0 Å². The van der Waals surface area contributed by atoms with E-state index in [9.17, 15) is 9.59 Å². The van der Waals surface area contributed by atoms with Gasteiger partial charge in [-0.2, -0.15) is 0 Å². The second kappa shape index (κ2) is 10.8. The molecule has 30 heavy (non-hydrogen) atoms. The van der Waals surface area contributed by atoms with E-state index >= 15 is 0 Å². The zero-order valence-electron chi connectivity index (χ0n) is 19.5. The fourth-order valence-electron chi connectivity index (χ4n) is 5.16. The number of amides is 2. The summed E-state index contributed by atoms with van der Waals surface area (Å²) in [7, 11) is 0. The summed E-state index contributed by atoms with van der Waals surface area (Å²) in [5, 5.41) is 0. The van der Waals surface area contributed by atoms with E-state index in [1.807, 2.05) is 20.8 Å². The topological polar surface area (TPSA) is 53.1 Å². The van der Waals surface area contributed by atoms with Crippen LogP contribution in [0.5, 0.6) is 0 Å². The molecule has 3 rings (SSSR count). The van der Waals surface area contributed by atoms with Gasteiger partial charge >= 0.3 is 6.09 Å². The van der Waals surface area contributed by atoms with Gasteiger partial charge < -0.3 is 19.4 Å². The average Bonchev–Trinajstić information content (AvgIpc) is 2.94. The average molecular weight is 422 g/mol. The summed E-state index contributed by atoms with van der Waals surface area (Å²) in [6, 6.07) is 0. The first-order chi connectivity index (χ1) is 14.3. The normalized spacial score (nSPS) is 23.3. The van der Waals surface area contributed by atoms with Gasteiger partial charge in [0, 0.05) is 45.7 Å². The number of rotatable bonds is 4. The van der Waals surface area contributed by atoms with Crippen LogP contribution in [0.3, 0.4) is 0 Å². The monoisotopic (exact) mass is 421 g/mol. The van der Waals surface area contributed by atoms with Crippen LogP contribution < -0.4 is 0 Å². The van der Waals surface area contributed by atoms with Crippen molar-refractivity contribution in [3.05, 3.63) is 0 Å². The maximum atomic E-state index is 12.9. The molecule has 1 aliphatic carbocycles. The van der Waals surface area contributed by atoms with E-state index in [0.29, 0.717) is 31.3 Å². The second-order valence-electron chi connectivity index (χ2n) is 10.7. The van der Waals surface area contributed by atoms with Crippen molar-refractivity contribution in [1.82, 2.24) is 14.7 Å². The minimum atomic E-state index is -0.457. The molecule has 1 saturated carbocycles. The highest BCUT2D eigenvalue weighted by molar-refractivity contribution is 5.76. The van der Waals surface area contributed by atoms with Crippen LogP contribution in [0.2, 0.25) is 0 Å². The van der Waals surface area contributed by atoms with Crippen LogP contribution in [-0.2, 0) is 9.53 Å². The summed E-state index contributed by atoms with van der Waals surface area (Å²) in [6.45, 7) is 12.2. The molecule has 0 aromatic heterocycles. The third kappa shape index (κ3) is 7.44. The molecule has 0 unspecified atom stereocenters. The smallest absolute Gasteiger partial charge is 0.410 e. The summed E-state index contributed by atoms with van der Waals surface area (Å²) in [5.41, 5.74) is -0.457. The fraction of sp³-hybridized carbons (Fsp3) is 0.917. The summed E-state index contributed by atoms with van der Waals surface area (Å²) < 4.78 is 5.47. The van der Waals surface area contributed by atoms with Gasteiger partial charge in [-0.3, -0.25) is 4.79 Å². The number of hydrogen-bond donors (Lipinski definition) is 0. The van der Waals surface area contributed by atoms with Crippen molar-refractivity contribution in [2.24, 2.45) is 11.8 Å². The molecule has 172 valence electrons. The Labute approximate surface area is 183 Å². The Balaban J connectivity index is 1.37. The molecule has 0 bridgehead atoms. The molecule has 6 heteroatoms. The minimum Gasteiger partial charge on any atom is -0.444 e. The van der Waals surface area contributed by atoms with Crippen molar-refractivity contribution in [3.8, 4) is 0 Å². The van der Waals surface area contributed by atoms with E-state index in [-0.39, 0.29) is 6.09 Å². The highest BCUT2D eigenvalue weighted by Crippen LogP contribution is 2.26. The Bertz CT molecular complexity index is 561. The van der Waals surface area contributed by atoms with Gasteiger partial charge in [0.15, 0.2) is 0 Å². The van der Waals surface area contributed by atoms with Crippen LogP contribution in [0.4, 0.5) is 4.79 Å². The summed E-state index contributed by atoms with van der Waals surface area (Å²) in [4.78, 5) is 31.6. The van der Waals surface area contributed by atoms with Crippen LogP contribution in [0, 0.1) is 11.8 Å². The fourth-order valence-corrected chi connectivity index (χ4v) is 5.16. The highest BCUT2D eigenvalue weighted by atomic mass is 16.6. The standard InChI is InChI=1S/C24H43N3O3/c1-24(2,3)30-23(29)27-14-10-20(11-15-27)18-22(28)26-13-7-12-25(16-17-26)19-21-8-5-4-6-9-21/h20-21H,4-19H2,1-3H3. The summed E-state index contributed by atoms with van der Waals surface area (Å²) in [6.07, 6.45) is 10.3. The van der Waals surface area contributed by atoms with E-state index < -0.39 is 5.60 Å². The van der Waals surface area contributed by atoms with E-state index in [0.717, 1.165) is 51.4 Å². The molecule has 2 amide bonds. The van der Waals surface area contributed by atoms with Crippen molar-refractivity contribution < 1.29 is 14.3 Å². The lowest BCUT2D eigenvalue weighted by molar-refractivity contribution is -0.132. The Morgan fingerprint density at radius 1 is 0.767 bits per heavy atom. The predicted molar refractivity (Wildman–Crippen MR) is 119 cm³/mol. The largest absolute Gasteiger partial charge is 0.444 e. The van der Waals surface area contributed by atoms with E-state index in [4.69, 9.17) is 4.74 Å². The van der Waals surface area contributed by atoms with Crippen LogP contribution in [0.25, 0.3) is 0 Å². The number of carbonyl (C=O) groups excluding carboxylic acids is 2. The van der Waals surface area contributed by atoms with Crippen molar-refractivity contribution in [2.45, 2.75) is 84.2 Å². The maximum absolute atomic E-state index is 12.9. The summed E-state index contributed by atoms with van der Waals surface area (Å²) in [5.74, 6) is 1.57. The zero-order valence-corrected chi connectivity index (χ0v) is 19.5. The van der Waals surface area contributed by atoms with Crippen LogP contribution in [0.15, 0.2) is 0 Å². The second-order valence-corrected chi connectivity index (χ2v) is 10.7. The number of nitrogens with zero attached hydrogens (tertiary/aromatic N) is 3. The summed E-state index contributed by atoms with van der Waals surface area (Å²) >= 11 is 0.